The zero-order valence-electron chi connectivity index (χ0n) is 19.1. The van der Waals surface area contributed by atoms with E-state index >= 15 is 0 Å². The molecule has 1 aromatic heterocycles. The van der Waals surface area contributed by atoms with Gasteiger partial charge in [-0.3, -0.25) is 0 Å². The van der Waals surface area contributed by atoms with Gasteiger partial charge in [0.25, 0.3) is 0 Å². The summed E-state index contributed by atoms with van der Waals surface area (Å²) in [6, 6.07) is 15.8. The van der Waals surface area contributed by atoms with Crippen LogP contribution < -0.4 is 15.5 Å². The summed E-state index contributed by atoms with van der Waals surface area (Å²) in [6.07, 6.45) is 3.66. The van der Waals surface area contributed by atoms with Crippen LogP contribution in [-0.4, -0.2) is 42.7 Å². The van der Waals surface area contributed by atoms with Crippen LogP contribution in [0.5, 0.6) is 0 Å². The van der Waals surface area contributed by atoms with E-state index in [1.807, 2.05) is 61.5 Å². The number of amides is 1. The molecule has 1 saturated carbocycles. The quantitative estimate of drug-likeness (QED) is 0.494. The van der Waals surface area contributed by atoms with Crippen LogP contribution in [0.3, 0.4) is 0 Å². The molecule has 0 atom stereocenters. The van der Waals surface area contributed by atoms with E-state index in [1.165, 1.54) is 0 Å². The van der Waals surface area contributed by atoms with Gasteiger partial charge in [-0.25, -0.2) is 9.78 Å². The molecule has 4 rings (SSSR count). The Labute approximate surface area is 199 Å². The number of benzene rings is 2. The number of anilines is 2. The second kappa shape index (κ2) is 10.7. The van der Waals surface area contributed by atoms with Crippen LogP contribution in [0.1, 0.15) is 31.2 Å². The topological polar surface area (TPSA) is 79.4 Å². The summed E-state index contributed by atoms with van der Waals surface area (Å²) in [5, 5.41) is 8.06. The predicted molar refractivity (Wildman–Crippen MR) is 133 cm³/mol. The molecule has 33 heavy (non-hydrogen) atoms. The highest BCUT2D eigenvalue weighted by atomic mass is 35.5. The number of carbonyl (C=O) groups excluding carboxylic acids is 1. The third-order valence-electron chi connectivity index (χ3n) is 6.04. The van der Waals surface area contributed by atoms with Gasteiger partial charge in [-0.05, 0) is 49.8 Å². The van der Waals surface area contributed by atoms with Gasteiger partial charge in [0.1, 0.15) is 12.4 Å². The van der Waals surface area contributed by atoms with Gasteiger partial charge in [-0.1, -0.05) is 41.9 Å². The summed E-state index contributed by atoms with van der Waals surface area (Å²) in [4.78, 5) is 23.5. The molecule has 0 aliphatic heterocycles. The Morgan fingerprint density at radius 1 is 1.06 bits per heavy atom. The van der Waals surface area contributed by atoms with Gasteiger partial charge in [0.2, 0.25) is 5.95 Å². The molecule has 3 aromatic rings. The average molecular weight is 468 g/mol. The molecule has 0 unspecified atom stereocenters. The number of hydrogen-bond acceptors (Lipinski definition) is 6. The van der Waals surface area contributed by atoms with Gasteiger partial charge in [0, 0.05) is 42.7 Å². The molecule has 1 amide bonds. The molecule has 1 aliphatic rings. The van der Waals surface area contributed by atoms with E-state index < -0.39 is 6.09 Å². The number of rotatable bonds is 7. The molecule has 0 radical (unpaired) electrons. The largest absolute Gasteiger partial charge is 0.445 e. The van der Waals surface area contributed by atoms with Crippen LogP contribution in [0.2, 0.25) is 5.02 Å². The summed E-state index contributed by atoms with van der Waals surface area (Å²) >= 11 is 6.10. The summed E-state index contributed by atoms with van der Waals surface area (Å²) in [5.41, 5.74) is 1.74. The van der Waals surface area contributed by atoms with Gasteiger partial charge in [-0.15, -0.1) is 0 Å². The Kier molecular flexibility index (Phi) is 7.50. The second-order valence-corrected chi connectivity index (χ2v) is 9.10. The summed E-state index contributed by atoms with van der Waals surface area (Å²) in [6.45, 7) is 0.786. The molecule has 2 N–H and O–H groups in total. The standard InChI is InChI=1S/C25H30ClN5O2/c1-31(2)23-20-8-4-6-10-22(20)29-24(30-23)28-19-13-11-17(12-14-19)15-27-25(32)33-16-18-7-3-5-9-21(18)26/h3-10,17,19H,11-16H2,1-2H3,(H,27,32)(H,28,29,30). The number of para-hydroxylation sites is 1. The van der Waals surface area contributed by atoms with E-state index in [9.17, 15) is 4.79 Å². The maximum atomic E-state index is 12.1. The lowest BCUT2D eigenvalue weighted by molar-refractivity contribution is 0.136. The Bertz CT molecular complexity index is 1100. The van der Waals surface area contributed by atoms with E-state index in [0.29, 0.717) is 29.5 Å². The fourth-order valence-corrected chi connectivity index (χ4v) is 4.39. The first-order chi connectivity index (χ1) is 16.0. The van der Waals surface area contributed by atoms with Crippen molar-refractivity contribution in [3.63, 3.8) is 0 Å². The summed E-state index contributed by atoms with van der Waals surface area (Å²) in [7, 11) is 3.99. The molecule has 0 saturated heterocycles. The lowest BCUT2D eigenvalue weighted by Crippen LogP contribution is -2.34. The highest BCUT2D eigenvalue weighted by Crippen LogP contribution is 2.28. The highest BCUT2D eigenvalue weighted by molar-refractivity contribution is 6.31. The average Bonchev–Trinajstić information content (AvgIpc) is 2.82. The highest BCUT2D eigenvalue weighted by Gasteiger charge is 2.23. The summed E-state index contributed by atoms with van der Waals surface area (Å²) < 4.78 is 5.30. The van der Waals surface area contributed by atoms with E-state index in [2.05, 4.69) is 10.6 Å². The normalized spacial score (nSPS) is 18.0. The number of nitrogens with zero attached hydrogens (tertiary/aromatic N) is 3. The van der Waals surface area contributed by atoms with Crippen LogP contribution in [-0.2, 0) is 11.3 Å². The third kappa shape index (κ3) is 6.05. The molecular formula is C25H30ClN5O2. The molecule has 1 fully saturated rings. The van der Waals surface area contributed by atoms with Crippen molar-refractivity contribution in [2.45, 2.75) is 38.3 Å². The van der Waals surface area contributed by atoms with Gasteiger partial charge < -0.3 is 20.3 Å². The number of alkyl carbamates (subject to hydrolysis) is 1. The van der Waals surface area contributed by atoms with Crippen molar-refractivity contribution in [2.75, 3.05) is 30.9 Å². The molecule has 2 aromatic carbocycles. The lowest BCUT2D eigenvalue weighted by Gasteiger charge is -2.29. The summed E-state index contributed by atoms with van der Waals surface area (Å²) in [5.74, 6) is 2.02. The number of ether oxygens (including phenoxy) is 1. The monoisotopic (exact) mass is 467 g/mol. The van der Waals surface area contributed by atoms with Crippen LogP contribution in [0.25, 0.3) is 10.9 Å². The number of fused-ring (bicyclic) bond motifs is 1. The molecule has 174 valence electrons. The smallest absolute Gasteiger partial charge is 0.407 e. The van der Waals surface area contributed by atoms with E-state index in [4.69, 9.17) is 26.3 Å². The van der Waals surface area contributed by atoms with Crippen molar-refractivity contribution in [3.05, 3.63) is 59.1 Å². The van der Waals surface area contributed by atoms with Crippen molar-refractivity contribution >= 4 is 40.4 Å². The zero-order valence-corrected chi connectivity index (χ0v) is 19.8. The molecular weight excluding hydrogens is 438 g/mol. The SMILES string of the molecule is CN(C)c1nc(NC2CCC(CNC(=O)OCc3ccccc3Cl)CC2)nc2ccccc12. The van der Waals surface area contributed by atoms with E-state index in [1.54, 1.807) is 6.07 Å². The lowest BCUT2D eigenvalue weighted by atomic mass is 9.86. The van der Waals surface area contributed by atoms with Crippen molar-refractivity contribution in [1.29, 1.82) is 0 Å². The Balaban J connectivity index is 1.24. The number of carbonyl (C=O) groups is 1. The minimum absolute atomic E-state index is 0.170. The predicted octanol–water partition coefficient (Wildman–Crippen LogP) is 5.25. The molecule has 7 nitrogen and oxygen atoms in total. The number of aromatic nitrogens is 2. The number of nitrogens with one attached hydrogen (secondary N) is 2. The van der Waals surface area contributed by atoms with Gasteiger partial charge in [-0.2, -0.15) is 4.98 Å². The maximum absolute atomic E-state index is 12.1. The Morgan fingerprint density at radius 3 is 2.55 bits per heavy atom. The van der Waals surface area contributed by atoms with E-state index in [0.717, 1.165) is 48.0 Å². The molecule has 0 spiro atoms. The van der Waals surface area contributed by atoms with Gasteiger partial charge in [0.05, 0.1) is 5.52 Å². The van der Waals surface area contributed by atoms with Crippen molar-refractivity contribution in [1.82, 2.24) is 15.3 Å². The van der Waals surface area contributed by atoms with Crippen LogP contribution >= 0.6 is 11.6 Å². The molecule has 1 aliphatic carbocycles. The van der Waals surface area contributed by atoms with Crippen molar-refractivity contribution < 1.29 is 9.53 Å². The minimum atomic E-state index is -0.407. The number of halogens is 1. The first-order valence-corrected chi connectivity index (χ1v) is 11.7. The Morgan fingerprint density at radius 2 is 1.79 bits per heavy atom. The van der Waals surface area contributed by atoms with Crippen LogP contribution in [0, 0.1) is 5.92 Å². The van der Waals surface area contributed by atoms with E-state index in [-0.39, 0.29) is 6.61 Å². The maximum Gasteiger partial charge on any atom is 0.407 e. The zero-order chi connectivity index (χ0) is 23.2. The second-order valence-electron chi connectivity index (χ2n) is 8.69. The molecule has 1 heterocycles. The fourth-order valence-electron chi connectivity index (χ4n) is 4.20. The van der Waals surface area contributed by atoms with Crippen molar-refractivity contribution in [3.8, 4) is 0 Å². The van der Waals surface area contributed by atoms with Crippen molar-refractivity contribution in [2.24, 2.45) is 5.92 Å². The third-order valence-corrected chi connectivity index (χ3v) is 6.41. The minimum Gasteiger partial charge on any atom is -0.445 e. The molecule has 0 bridgehead atoms. The molecule has 8 heteroatoms. The van der Waals surface area contributed by atoms with Gasteiger partial charge >= 0.3 is 6.09 Å². The van der Waals surface area contributed by atoms with Crippen LogP contribution in [0.15, 0.2) is 48.5 Å². The fraction of sp³-hybridized carbons (Fsp3) is 0.400. The van der Waals surface area contributed by atoms with Gasteiger partial charge in [0.15, 0.2) is 0 Å². The first kappa shape index (κ1) is 23.1. The Hall–Kier alpha value is -3.06. The van der Waals surface area contributed by atoms with Crippen LogP contribution in [0.4, 0.5) is 16.6 Å². The number of hydrogen-bond donors (Lipinski definition) is 2. The first-order valence-electron chi connectivity index (χ1n) is 11.3.